The maximum atomic E-state index is 13.1. The average Bonchev–Trinajstić information content (AvgIpc) is 2.30. The van der Waals surface area contributed by atoms with Crippen molar-refractivity contribution in [2.24, 2.45) is 0 Å². The van der Waals surface area contributed by atoms with Gasteiger partial charge in [-0.25, -0.2) is 4.39 Å². The molecule has 0 amide bonds. The minimum absolute atomic E-state index is 0.250. The zero-order valence-electron chi connectivity index (χ0n) is 10.5. The lowest BCUT2D eigenvalue weighted by atomic mass is 10.1. The smallest absolute Gasteiger partial charge is 0.123 e. The molecule has 1 rings (SSSR count). The summed E-state index contributed by atoms with van der Waals surface area (Å²) in [5.74, 6) is 0.0587. The molecule has 4 heteroatoms. The Balaban J connectivity index is 3.00. The lowest BCUT2D eigenvalue weighted by molar-refractivity contribution is 0.204. The second kappa shape index (κ2) is 6.82. The number of halogens is 2. The summed E-state index contributed by atoms with van der Waals surface area (Å²) in [6.07, 6.45) is 0. The van der Waals surface area contributed by atoms with Crippen LogP contribution in [0.2, 0.25) is 0 Å². The average molecular weight is 260 g/mol. The third kappa shape index (κ3) is 3.86. The van der Waals surface area contributed by atoms with Gasteiger partial charge in [0.05, 0.1) is 6.61 Å². The standard InChI is InChI=1S/C13H19ClFNO/c1-10(2)16(6-7-17-3)13-5-4-12(15)8-11(13)9-14/h4-5,8,10H,6-7,9H2,1-3H3. The minimum atomic E-state index is -0.250. The van der Waals surface area contributed by atoms with E-state index in [9.17, 15) is 4.39 Å². The van der Waals surface area contributed by atoms with Crippen LogP contribution in [0.1, 0.15) is 19.4 Å². The zero-order valence-corrected chi connectivity index (χ0v) is 11.3. The summed E-state index contributed by atoms with van der Waals surface area (Å²) in [6.45, 7) is 5.59. The molecule has 0 bridgehead atoms. The van der Waals surface area contributed by atoms with Crippen molar-refractivity contribution in [3.63, 3.8) is 0 Å². The molecule has 0 atom stereocenters. The molecule has 17 heavy (non-hydrogen) atoms. The first-order valence-electron chi connectivity index (χ1n) is 5.70. The van der Waals surface area contributed by atoms with Gasteiger partial charge in [0.1, 0.15) is 5.82 Å². The quantitative estimate of drug-likeness (QED) is 0.726. The van der Waals surface area contributed by atoms with E-state index < -0.39 is 0 Å². The predicted molar refractivity (Wildman–Crippen MR) is 70.3 cm³/mol. The normalized spacial score (nSPS) is 10.9. The van der Waals surface area contributed by atoms with E-state index in [1.54, 1.807) is 13.2 Å². The number of ether oxygens (including phenoxy) is 1. The van der Waals surface area contributed by atoms with Gasteiger partial charge < -0.3 is 9.64 Å². The predicted octanol–water partition coefficient (Wildman–Crippen LogP) is 3.43. The number of hydrogen-bond donors (Lipinski definition) is 0. The van der Waals surface area contributed by atoms with Crippen LogP contribution in [-0.4, -0.2) is 26.3 Å². The molecule has 0 saturated heterocycles. The molecule has 0 aliphatic rings. The van der Waals surface area contributed by atoms with Gasteiger partial charge in [0.15, 0.2) is 0 Å². The Morgan fingerprint density at radius 1 is 1.41 bits per heavy atom. The van der Waals surface area contributed by atoms with Crippen LogP contribution < -0.4 is 4.90 Å². The van der Waals surface area contributed by atoms with E-state index in [0.717, 1.165) is 17.8 Å². The number of benzene rings is 1. The van der Waals surface area contributed by atoms with Gasteiger partial charge in [0.2, 0.25) is 0 Å². The van der Waals surface area contributed by atoms with Gasteiger partial charge in [-0.15, -0.1) is 11.6 Å². The summed E-state index contributed by atoms with van der Waals surface area (Å²) >= 11 is 5.86. The van der Waals surface area contributed by atoms with Gasteiger partial charge in [-0.05, 0) is 37.6 Å². The second-order valence-electron chi connectivity index (χ2n) is 4.19. The molecule has 0 aliphatic heterocycles. The van der Waals surface area contributed by atoms with Crippen molar-refractivity contribution in [2.75, 3.05) is 25.2 Å². The highest BCUT2D eigenvalue weighted by molar-refractivity contribution is 6.17. The molecule has 0 aliphatic carbocycles. The van der Waals surface area contributed by atoms with Gasteiger partial charge in [-0.2, -0.15) is 0 Å². The van der Waals surface area contributed by atoms with Crippen LogP contribution in [0.25, 0.3) is 0 Å². The Morgan fingerprint density at radius 2 is 2.12 bits per heavy atom. The van der Waals surface area contributed by atoms with Crippen molar-refractivity contribution in [2.45, 2.75) is 25.8 Å². The molecule has 0 spiro atoms. The number of alkyl halides is 1. The monoisotopic (exact) mass is 259 g/mol. The summed E-state index contributed by atoms with van der Waals surface area (Å²) in [4.78, 5) is 2.17. The second-order valence-corrected chi connectivity index (χ2v) is 4.45. The third-order valence-corrected chi connectivity index (χ3v) is 2.94. The van der Waals surface area contributed by atoms with Crippen molar-refractivity contribution in [1.82, 2.24) is 0 Å². The molecule has 96 valence electrons. The first-order valence-corrected chi connectivity index (χ1v) is 6.23. The number of hydrogen-bond acceptors (Lipinski definition) is 2. The fraction of sp³-hybridized carbons (Fsp3) is 0.538. The Hall–Kier alpha value is -0.800. The number of methoxy groups -OCH3 is 1. The Bertz CT molecular complexity index is 357. The fourth-order valence-corrected chi connectivity index (χ4v) is 2.00. The number of nitrogens with zero attached hydrogens (tertiary/aromatic N) is 1. The highest BCUT2D eigenvalue weighted by atomic mass is 35.5. The lowest BCUT2D eigenvalue weighted by Crippen LogP contribution is -2.34. The number of rotatable bonds is 6. The van der Waals surface area contributed by atoms with Gasteiger partial charge in [0, 0.05) is 31.3 Å². The maximum Gasteiger partial charge on any atom is 0.123 e. The molecular weight excluding hydrogens is 241 g/mol. The van der Waals surface area contributed by atoms with E-state index in [1.807, 2.05) is 0 Å². The summed E-state index contributed by atoms with van der Waals surface area (Å²) in [5, 5.41) is 0. The number of anilines is 1. The molecule has 0 heterocycles. The molecular formula is C13H19ClFNO. The van der Waals surface area contributed by atoms with Gasteiger partial charge >= 0.3 is 0 Å². The molecule has 0 fully saturated rings. The molecule has 1 aromatic rings. The summed E-state index contributed by atoms with van der Waals surface area (Å²) < 4.78 is 18.2. The molecule has 1 aromatic carbocycles. The summed E-state index contributed by atoms with van der Waals surface area (Å²) in [7, 11) is 1.67. The van der Waals surface area contributed by atoms with E-state index in [4.69, 9.17) is 16.3 Å². The van der Waals surface area contributed by atoms with Crippen LogP contribution in [0.15, 0.2) is 18.2 Å². The van der Waals surface area contributed by atoms with Crippen LogP contribution >= 0.6 is 11.6 Å². The Labute approximate surface area is 107 Å². The van der Waals surface area contributed by atoms with E-state index in [0.29, 0.717) is 18.5 Å². The van der Waals surface area contributed by atoms with Crippen LogP contribution in [0.5, 0.6) is 0 Å². The van der Waals surface area contributed by atoms with Crippen LogP contribution in [0, 0.1) is 5.82 Å². The van der Waals surface area contributed by atoms with Crippen molar-refractivity contribution in [3.8, 4) is 0 Å². The highest BCUT2D eigenvalue weighted by Crippen LogP contribution is 2.25. The summed E-state index contributed by atoms with van der Waals surface area (Å²) in [5.41, 5.74) is 1.80. The first-order chi connectivity index (χ1) is 8.10. The van der Waals surface area contributed by atoms with Gasteiger partial charge in [0.25, 0.3) is 0 Å². The molecule has 0 saturated carbocycles. The van der Waals surface area contributed by atoms with Crippen LogP contribution in [-0.2, 0) is 10.6 Å². The third-order valence-electron chi connectivity index (χ3n) is 2.65. The van der Waals surface area contributed by atoms with E-state index in [2.05, 4.69) is 18.7 Å². The molecule has 0 aromatic heterocycles. The largest absolute Gasteiger partial charge is 0.383 e. The molecule has 0 radical (unpaired) electrons. The Kier molecular flexibility index (Phi) is 5.72. The van der Waals surface area contributed by atoms with E-state index in [1.165, 1.54) is 12.1 Å². The first kappa shape index (κ1) is 14.3. The molecule has 0 unspecified atom stereocenters. The highest BCUT2D eigenvalue weighted by Gasteiger charge is 2.14. The topological polar surface area (TPSA) is 12.5 Å². The SMILES string of the molecule is COCCN(c1ccc(F)cc1CCl)C(C)C. The zero-order chi connectivity index (χ0) is 12.8. The fourth-order valence-electron chi connectivity index (χ4n) is 1.79. The van der Waals surface area contributed by atoms with Crippen molar-refractivity contribution >= 4 is 17.3 Å². The molecule has 0 N–H and O–H groups in total. The maximum absolute atomic E-state index is 13.1. The Morgan fingerprint density at radius 3 is 2.65 bits per heavy atom. The van der Waals surface area contributed by atoms with Crippen molar-refractivity contribution in [3.05, 3.63) is 29.6 Å². The van der Waals surface area contributed by atoms with Crippen LogP contribution in [0.3, 0.4) is 0 Å². The van der Waals surface area contributed by atoms with Gasteiger partial charge in [-0.1, -0.05) is 0 Å². The summed E-state index contributed by atoms with van der Waals surface area (Å²) in [6, 6.07) is 5.05. The van der Waals surface area contributed by atoms with E-state index >= 15 is 0 Å². The minimum Gasteiger partial charge on any atom is -0.383 e. The van der Waals surface area contributed by atoms with E-state index in [-0.39, 0.29) is 5.82 Å². The van der Waals surface area contributed by atoms with Crippen molar-refractivity contribution in [1.29, 1.82) is 0 Å². The van der Waals surface area contributed by atoms with Crippen LogP contribution in [0.4, 0.5) is 10.1 Å². The van der Waals surface area contributed by atoms with Crippen molar-refractivity contribution < 1.29 is 9.13 Å². The van der Waals surface area contributed by atoms with Gasteiger partial charge in [-0.3, -0.25) is 0 Å². The molecule has 2 nitrogen and oxygen atoms in total. The lowest BCUT2D eigenvalue weighted by Gasteiger charge is -2.30.